The summed E-state index contributed by atoms with van der Waals surface area (Å²) in [5.74, 6) is 1.14. The van der Waals surface area contributed by atoms with Crippen molar-refractivity contribution in [2.24, 2.45) is 0 Å². The lowest BCUT2D eigenvalue weighted by Crippen LogP contribution is -2.41. The van der Waals surface area contributed by atoms with E-state index in [1.165, 1.54) is 23.3 Å². The van der Waals surface area contributed by atoms with Gasteiger partial charge in [-0.2, -0.15) is 0 Å². The lowest BCUT2D eigenvalue weighted by Gasteiger charge is -2.25. The van der Waals surface area contributed by atoms with E-state index >= 15 is 0 Å². The van der Waals surface area contributed by atoms with E-state index in [4.69, 9.17) is 9.47 Å². The van der Waals surface area contributed by atoms with Crippen LogP contribution in [0.25, 0.3) is 0 Å². The quantitative estimate of drug-likeness (QED) is 0.507. The van der Waals surface area contributed by atoms with Gasteiger partial charge in [-0.3, -0.25) is 0 Å². The van der Waals surface area contributed by atoms with E-state index in [1.54, 1.807) is 12.1 Å². The molecule has 0 spiro atoms. The molecule has 166 valence electrons. The van der Waals surface area contributed by atoms with Crippen LogP contribution in [0.15, 0.2) is 72.8 Å². The Kier molecular flexibility index (Phi) is 6.17. The van der Waals surface area contributed by atoms with Crippen LogP contribution in [0.1, 0.15) is 43.4 Å². The number of ether oxygens (including phenoxy) is 2. The summed E-state index contributed by atoms with van der Waals surface area (Å²) in [7, 11) is 0. The Hall–Kier alpha value is -3.34. The molecule has 2 atom stereocenters. The zero-order valence-electron chi connectivity index (χ0n) is 18.6. The number of halogens is 1. The molecule has 0 aromatic heterocycles. The van der Waals surface area contributed by atoms with Gasteiger partial charge >= 0.3 is 6.09 Å². The molecule has 4 rings (SSSR count). The third-order valence-electron chi connectivity index (χ3n) is 5.51. The predicted octanol–water partition coefficient (Wildman–Crippen LogP) is 6.39. The highest BCUT2D eigenvalue weighted by atomic mass is 19.1. The standard InChI is InChI=1S/C27H28FNO3/c1-27(2,3)32-26(30)29-25-17-19-6-4-5-7-23(19)24(25)16-18-8-12-21(13-9-18)31-22-14-10-20(28)11-15-22/h4-15,24-25H,16-17H2,1-3H3,(H,29,30)/t24-,25+/m1/s1. The van der Waals surface area contributed by atoms with Crippen LogP contribution in [-0.2, 0) is 17.6 Å². The van der Waals surface area contributed by atoms with E-state index in [-0.39, 0.29) is 23.9 Å². The molecule has 0 saturated carbocycles. The van der Waals surface area contributed by atoms with Crippen LogP contribution in [0.2, 0.25) is 0 Å². The van der Waals surface area contributed by atoms with Gasteiger partial charge in [0, 0.05) is 12.0 Å². The normalized spacial score (nSPS) is 17.5. The first-order valence-corrected chi connectivity index (χ1v) is 10.9. The zero-order chi connectivity index (χ0) is 22.7. The molecule has 1 N–H and O–H groups in total. The van der Waals surface area contributed by atoms with E-state index in [0.717, 1.165) is 18.4 Å². The largest absolute Gasteiger partial charge is 0.457 e. The summed E-state index contributed by atoms with van der Waals surface area (Å²) in [6.07, 6.45) is 1.18. The fourth-order valence-electron chi connectivity index (χ4n) is 4.13. The SMILES string of the molecule is CC(C)(C)OC(=O)N[C@H]1Cc2ccccc2[C@H]1Cc1ccc(Oc2ccc(F)cc2)cc1. The van der Waals surface area contributed by atoms with Gasteiger partial charge in [-0.1, -0.05) is 36.4 Å². The van der Waals surface area contributed by atoms with Crippen LogP contribution in [0.5, 0.6) is 11.5 Å². The Morgan fingerprint density at radius 3 is 2.25 bits per heavy atom. The summed E-state index contributed by atoms with van der Waals surface area (Å²) in [5.41, 5.74) is 3.13. The molecular formula is C27H28FNO3. The van der Waals surface area contributed by atoms with Crippen LogP contribution in [0.4, 0.5) is 9.18 Å². The molecule has 4 nitrogen and oxygen atoms in total. The minimum absolute atomic E-state index is 0.0302. The lowest BCUT2D eigenvalue weighted by atomic mass is 9.91. The van der Waals surface area contributed by atoms with Crippen molar-refractivity contribution >= 4 is 6.09 Å². The molecule has 1 amide bonds. The Balaban J connectivity index is 1.47. The smallest absolute Gasteiger partial charge is 0.407 e. The molecule has 0 heterocycles. The highest BCUT2D eigenvalue weighted by Gasteiger charge is 2.34. The van der Waals surface area contributed by atoms with Crippen molar-refractivity contribution in [3.63, 3.8) is 0 Å². The van der Waals surface area contributed by atoms with Gasteiger partial charge in [0.25, 0.3) is 0 Å². The monoisotopic (exact) mass is 433 g/mol. The van der Waals surface area contributed by atoms with Crippen molar-refractivity contribution in [2.45, 2.75) is 51.2 Å². The maximum Gasteiger partial charge on any atom is 0.407 e. The fraction of sp³-hybridized carbons (Fsp3) is 0.296. The summed E-state index contributed by atoms with van der Waals surface area (Å²) in [6, 6.07) is 22.2. The van der Waals surface area contributed by atoms with Crippen molar-refractivity contribution in [1.82, 2.24) is 5.32 Å². The summed E-state index contributed by atoms with van der Waals surface area (Å²) in [6.45, 7) is 5.59. The first-order chi connectivity index (χ1) is 15.3. The van der Waals surface area contributed by atoms with Gasteiger partial charge in [0.1, 0.15) is 22.9 Å². The number of fused-ring (bicyclic) bond motifs is 1. The molecular weight excluding hydrogens is 405 g/mol. The van der Waals surface area contributed by atoms with Crippen molar-refractivity contribution in [1.29, 1.82) is 0 Å². The molecule has 0 radical (unpaired) electrons. The van der Waals surface area contributed by atoms with Crippen LogP contribution in [0.3, 0.4) is 0 Å². The van der Waals surface area contributed by atoms with Crippen LogP contribution in [0, 0.1) is 5.82 Å². The predicted molar refractivity (Wildman–Crippen MR) is 123 cm³/mol. The number of alkyl carbamates (subject to hydrolysis) is 1. The summed E-state index contributed by atoms with van der Waals surface area (Å²) in [5, 5.41) is 3.08. The van der Waals surface area contributed by atoms with E-state index in [1.807, 2.05) is 57.2 Å². The van der Waals surface area contributed by atoms with Gasteiger partial charge in [0.05, 0.1) is 0 Å². The number of hydrogen-bond acceptors (Lipinski definition) is 3. The molecule has 0 aliphatic heterocycles. The number of benzene rings is 3. The number of rotatable bonds is 5. The minimum Gasteiger partial charge on any atom is -0.457 e. The number of carbonyl (C=O) groups excluding carboxylic acids is 1. The first kappa shape index (κ1) is 21.9. The molecule has 3 aromatic rings. The van der Waals surface area contributed by atoms with E-state index in [2.05, 4.69) is 17.4 Å². The van der Waals surface area contributed by atoms with Crippen molar-refractivity contribution < 1.29 is 18.7 Å². The third kappa shape index (κ3) is 5.47. The molecule has 0 unspecified atom stereocenters. The topological polar surface area (TPSA) is 47.6 Å². The maximum absolute atomic E-state index is 13.1. The van der Waals surface area contributed by atoms with Crippen LogP contribution in [-0.4, -0.2) is 17.7 Å². The van der Waals surface area contributed by atoms with Gasteiger partial charge in [0.2, 0.25) is 0 Å². The summed E-state index contributed by atoms with van der Waals surface area (Å²) >= 11 is 0. The van der Waals surface area contributed by atoms with Crippen molar-refractivity contribution in [3.05, 3.63) is 95.3 Å². The van der Waals surface area contributed by atoms with Gasteiger partial charge in [-0.05, 0) is 86.7 Å². The highest BCUT2D eigenvalue weighted by Crippen LogP contribution is 2.36. The molecule has 1 aliphatic rings. The third-order valence-corrected chi connectivity index (χ3v) is 5.51. The average molecular weight is 434 g/mol. The fourth-order valence-corrected chi connectivity index (χ4v) is 4.13. The second-order valence-electron chi connectivity index (χ2n) is 9.17. The van der Waals surface area contributed by atoms with Crippen LogP contribution >= 0.6 is 0 Å². The number of carbonyl (C=O) groups is 1. The Morgan fingerprint density at radius 1 is 0.969 bits per heavy atom. The molecule has 32 heavy (non-hydrogen) atoms. The number of amides is 1. The Labute approximate surface area is 188 Å². The average Bonchev–Trinajstić information content (AvgIpc) is 3.06. The first-order valence-electron chi connectivity index (χ1n) is 10.9. The maximum atomic E-state index is 13.1. The molecule has 3 aromatic carbocycles. The lowest BCUT2D eigenvalue weighted by molar-refractivity contribution is 0.0499. The minimum atomic E-state index is -0.536. The molecule has 5 heteroatoms. The molecule has 0 fully saturated rings. The zero-order valence-corrected chi connectivity index (χ0v) is 18.6. The van der Waals surface area contributed by atoms with E-state index in [0.29, 0.717) is 11.5 Å². The van der Waals surface area contributed by atoms with E-state index < -0.39 is 5.60 Å². The van der Waals surface area contributed by atoms with Gasteiger partial charge in [-0.15, -0.1) is 0 Å². The number of hydrogen-bond donors (Lipinski definition) is 1. The Morgan fingerprint density at radius 2 is 1.59 bits per heavy atom. The van der Waals surface area contributed by atoms with Crippen molar-refractivity contribution in [3.8, 4) is 11.5 Å². The molecule has 0 saturated heterocycles. The van der Waals surface area contributed by atoms with Gasteiger partial charge in [-0.25, -0.2) is 9.18 Å². The second-order valence-corrected chi connectivity index (χ2v) is 9.17. The molecule has 1 aliphatic carbocycles. The van der Waals surface area contributed by atoms with Crippen LogP contribution < -0.4 is 10.1 Å². The Bertz CT molecular complexity index is 1070. The summed E-state index contributed by atoms with van der Waals surface area (Å²) < 4.78 is 24.4. The highest BCUT2D eigenvalue weighted by molar-refractivity contribution is 5.68. The van der Waals surface area contributed by atoms with Crippen molar-refractivity contribution in [2.75, 3.05) is 0 Å². The number of nitrogens with one attached hydrogen (secondary N) is 1. The summed E-state index contributed by atoms with van der Waals surface area (Å²) in [4.78, 5) is 12.4. The van der Waals surface area contributed by atoms with Gasteiger partial charge in [0.15, 0.2) is 0 Å². The second kappa shape index (κ2) is 9.03. The van der Waals surface area contributed by atoms with E-state index in [9.17, 15) is 9.18 Å². The van der Waals surface area contributed by atoms with Gasteiger partial charge < -0.3 is 14.8 Å². The molecule has 0 bridgehead atoms.